The molecule has 28 heavy (non-hydrogen) atoms. The average molecular weight is 398 g/mol. The largest absolute Gasteiger partial charge is 0.490 e. The van der Waals surface area contributed by atoms with Gasteiger partial charge in [-0.1, -0.05) is 0 Å². The number of amides is 1. The van der Waals surface area contributed by atoms with Crippen molar-refractivity contribution in [1.29, 1.82) is 0 Å². The Morgan fingerprint density at radius 2 is 2.07 bits per heavy atom. The van der Waals surface area contributed by atoms with Crippen molar-refractivity contribution in [2.24, 2.45) is 0 Å². The van der Waals surface area contributed by atoms with Gasteiger partial charge in [0.05, 0.1) is 18.1 Å². The van der Waals surface area contributed by atoms with E-state index in [9.17, 15) is 23.7 Å². The molecule has 1 amide bonds. The van der Waals surface area contributed by atoms with E-state index in [1.54, 1.807) is 13.8 Å². The van der Waals surface area contributed by atoms with E-state index in [4.69, 9.17) is 4.74 Å². The number of hydrogen-bond donors (Lipinski definition) is 1. The predicted molar refractivity (Wildman–Crippen MR) is 95.8 cm³/mol. The molecule has 1 aromatic heterocycles. The Morgan fingerprint density at radius 3 is 2.64 bits per heavy atom. The number of rotatable bonds is 9. The fourth-order valence-electron chi connectivity index (χ4n) is 2.65. The van der Waals surface area contributed by atoms with E-state index in [1.165, 1.54) is 29.8 Å². The smallest absolute Gasteiger partial charge is 0.387 e. The van der Waals surface area contributed by atoms with Crippen molar-refractivity contribution in [1.82, 2.24) is 9.78 Å². The monoisotopic (exact) mass is 398 g/mol. The van der Waals surface area contributed by atoms with Gasteiger partial charge in [-0.3, -0.25) is 19.6 Å². The lowest BCUT2D eigenvalue weighted by molar-refractivity contribution is -0.386. The number of aromatic nitrogens is 2. The van der Waals surface area contributed by atoms with Gasteiger partial charge in [0, 0.05) is 18.2 Å². The summed E-state index contributed by atoms with van der Waals surface area (Å²) in [5.41, 5.74) is 0.909. The lowest BCUT2D eigenvalue weighted by Gasteiger charge is -2.13. The minimum Gasteiger partial charge on any atom is -0.490 e. The number of hydrogen-bond acceptors (Lipinski definition) is 6. The maximum Gasteiger partial charge on any atom is 0.387 e. The minimum atomic E-state index is -3.00. The Bertz CT molecular complexity index is 869. The number of carbonyl (C=O) groups is 1. The molecule has 1 heterocycles. The maximum atomic E-state index is 12.4. The molecule has 11 heteroatoms. The third-order valence-electron chi connectivity index (χ3n) is 3.82. The zero-order valence-corrected chi connectivity index (χ0v) is 15.6. The summed E-state index contributed by atoms with van der Waals surface area (Å²) in [6.07, 6.45) is 0.0123. The molecule has 0 aliphatic rings. The average Bonchev–Trinajstić information content (AvgIpc) is 2.89. The number of ether oxygens (including phenoxy) is 2. The fraction of sp³-hybridized carbons (Fsp3) is 0.412. The molecule has 0 unspecified atom stereocenters. The third-order valence-corrected chi connectivity index (χ3v) is 3.82. The number of benzene rings is 1. The van der Waals surface area contributed by atoms with Crippen LogP contribution in [0.4, 0.5) is 20.2 Å². The molecule has 0 saturated heterocycles. The number of halogens is 2. The van der Waals surface area contributed by atoms with Crippen molar-refractivity contribution in [3.8, 4) is 11.5 Å². The van der Waals surface area contributed by atoms with E-state index in [2.05, 4.69) is 15.2 Å². The normalized spacial score (nSPS) is 10.8. The van der Waals surface area contributed by atoms with Crippen LogP contribution in [0.15, 0.2) is 18.2 Å². The highest BCUT2D eigenvalue weighted by Gasteiger charge is 2.22. The Kier molecular flexibility index (Phi) is 6.85. The molecule has 0 aliphatic heterocycles. The molecule has 0 aliphatic carbocycles. The second-order valence-corrected chi connectivity index (χ2v) is 5.77. The van der Waals surface area contributed by atoms with Crippen molar-refractivity contribution in [3.05, 3.63) is 39.7 Å². The first-order valence-electron chi connectivity index (χ1n) is 8.42. The van der Waals surface area contributed by atoms with Crippen molar-refractivity contribution in [2.75, 3.05) is 11.9 Å². The van der Waals surface area contributed by atoms with E-state index in [-0.39, 0.29) is 48.4 Å². The van der Waals surface area contributed by atoms with Gasteiger partial charge >= 0.3 is 12.3 Å². The van der Waals surface area contributed by atoms with Crippen LogP contribution in [0.5, 0.6) is 11.5 Å². The molecule has 1 aromatic carbocycles. The van der Waals surface area contributed by atoms with Gasteiger partial charge in [0.2, 0.25) is 5.91 Å². The van der Waals surface area contributed by atoms with Crippen LogP contribution < -0.4 is 14.8 Å². The van der Waals surface area contributed by atoms with Gasteiger partial charge in [-0.05, 0) is 32.9 Å². The zero-order valence-electron chi connectivity index (χ0n) is 15.6. The highest BCUT2D eigenvalue weighted by atomic mass is 19.3. The van der Waals surface area contributed by atoms with Crippen LogP contribution >= 0.6 is 0 Å². The summed E-state index contributed by atoms with van der Waals surface area (Å²) in [4.78, 5) is 22.7. The van der Waals surface area contributed by atoms with Gasteiger partial charge in [-0.25, -0.2) is 0 Å². The van der Waals surface area contributed by atoms with Crippen LogP contribution in [0.2, 0.25) is 0 Å². The van der Waals surface area contributed by atoms with Crippen LogP contribution in [-0.4, -0.2) is 33.8 Å². The van der Waals surface area contributed by atoms with E-state index in [1.807, 2.05) is 0 Å². The third kappa shape index (κ3) is 5.15. The molecule has 0 bridgehead atoms. The summed E-state index contributed by atoms with van der Waals surface area (Å²) in [7, 11) is 0. The summed E-state index contributed by atoms with van der Waals surface area (Å²) in [6.45, 7) is 2.16. The standard InChI is InChI=1S/C17H20F2N4O5/c1-4-27-14-9-12(5-6-13(14)28-17(18)19)20-15(24)7-8-22-11(3)16(23(25)26)10(2)21-22/h5-6,9,17H,4,7-8H2,1-3H3,(H,20,24). The number of carbonyl (C=O) groups excluding carboxylic acids is 1. The van der Waals surface area contributed by atoms with Crippen molar-refractivity contribution in [3.63, 3.8) is 0 Å². The quantitative estimate of drug-likeness (QED) is 0.512. The van der Waals surface area contributed by atoms with Crippen LogP contribution in [0, 0.1) is 24.0 Å². The lowest BCUT2D eigenvalue weighted by atomic mass is 10.2. The SMILES string of the molecule is CCOc1cc(NC(=O)CCn2nc(C)c([N+](=O)[O-])c2C)ccc1OC(F)F. The number of nitrogens with one attached hydrogen (secondary N) is 1. The van der Waals surface area contributed by atoms with E-state index in [0.29, 0.717) is 11.4 Å². The zero-order chi connectivity index (χ0) is 20.8. The number of nitro groups is 1. The molecular weight excluding hydrogens is 378 g/mol. The molecule has 152 valence electrons. The highest BCUT2D eigenvalue weighted by Crippen LogP contribution is 2.32. The lowest BCUT2D eigenvalue weighted by Crippen LogP contribution is -2.16. The highest BCUT2D eigenvalue weighted by molar-refractivity contribution is 5.91. The van der Waals surface area contributed by atoms with Crippen LogP contribution in [-0.2, 0) is 11.3 Å². The van der Waals surface area contributed by atoms with Gasteiger partial charge in [0.15, 0.2) is 11.5 Å². The molecule has 2 aromatic rings. The molecule has 0 spiro atoms. The van der Waals surface area contributed by atoms with Gasteiger partial charge in [-0.15, -0.1) is 0 Å². The predicted octanol–water partition coefficient (Wildman–Crippen LogP) is 3.44. The van der Waals surface area contributed by atoms with Crippen LogP contribution in [0.25, 0.3) is 0 Å². The van der Waals surface area contributed by atoms with Crippen LogP contribution in [0.1, 0.15) is 24.7 Å². The second-order valence-electron chi connectivity index (χ2n) is 5.77. The van der Waals surface area contributed by atoms with Crippen LogP contribution in [0.3, 0.4) is 0 Å². The first-order chi connectivity index (χ1) is 13.2. The van der Waals surface area contributed by atoms with E-state index >= 15 is 0 Å². The summed E-state index contributed by atoms with van der Waals surface area (Å²) < 4.78 is 35.9. The number of anilines is 1. The van der Waals surface area contributed by atoms with Crippen molar-refractivity contribution in [2.45, 2.75) is 40.3 Å². The van der Waals surface area contributed by atoms with Crippen molar-refractivity contribution >= 4 is 17.3 Å². The summed E-state index contributed by atoms with van der Waals surface area (Å²) in [5, 5.41) is 17.7. The molecule has 9 nitrogen and oxygen atoms in total. The first kappa shape index (κ1) is 21.1. The Morgan fingerprint density at radius 1 is 1.36 bits per heavy atom. The summed E-state index contributed by atoms with van der Waals surface area (Å²) in [5.74, 6) is -0.431. The summed E-state index contributed by atoms with van der Waals surface area (Å²) in [6, 6.07) is 4.07. The Balaban J connectivity index is 2.04. The Labute approximate surface area is 159 Å². The molecule has 0 saturated carbocycles. The van der Waals surface area contributed by atoms with E-state index < -0.39 is 11.5 Å². The van der Waals surface area contributed by atoms with Gasteiger partial charge < -0.3 is 14.8 Å². The Hall–Kier alpha value is -3.24. The fourth-order valence-corrected chi connectivity index (χ4v) is 2.65. The second kappa shape index (κ2) is 9.11. The first-order valence-corrected chi connectivity index (χ1v) is 8.42. The number of alkyl halides is 2. The van der Waals surface area contributed by atoms with Gasteiger partial charge in [0.1, 0.15) is 11.4 Å². The maximum absolute atomic E-state index is 12.4. The molecule has 0 atom stereocenters. The topological polar surface area (TPSA) is 109 Å². The minimum absolute atomic E-state index is 0.0123. The molecule has 0 fully saturated rings. The van der Waals surface area contributed by atoms with Gasteiger partial charge in [-0.2, -0.15) is 13.9 Å². The van der Waals surface area contributed by atoms with Crippen molar-refractivity contribution < 1.29 is 28.0 Å². The molecular formula is C17H20F2N4O5. The molecule has 1 N–H and O–H groups in total. The van der Waals surface area contributed by atoms with Gasteiger partial charge in [0.25, 0.3) is 0 Å². The summed E-state index contributed by atoms with van der Waals surface area (Å²) >= 11 is 0. The number of aryl methyl sites for hydroxylation is 2. The molecule has 0 radical (unpaired) electrons. The molecule has 2 rings (SSSR count). The number of nitrogens with zero attached hydrogens (tertiary/aromatic N) is 3. The van der Waals surface area contributed by atoms with E-state index in [0.717, 1.165) is 0 Å².